The molecule has 0 spiro atoms. The van der Waals surface area contributed by atoms with Crippen molar-refractivity contribution >= 4 is 5.91 Å². The van der Waals surface area contributed by atoms with Gasteiger partial charge in [0.15, 0.2) is 0 Å². The molecule has 0 aromatic heterocycles. The summed E-state index contributed by atoms with van der Waals surface area (Å²) in [6.45, 7) is 6.81. The summed E-state index contributed by atoms with van der Waals surface area (Å²) in [4.78, 5) is 11.5. The van der Waals surface area contributed by atoms with Gasteiger partial charge >= 0.3 is 0 Å². The molecule has 1 N–H and O–H groups in total. The zero-order valence-corrected chi connectivity index (χ0v) is 11.1. The average Bonchev–Trinajstić information content (AvgIpc) is 2.65. The molecule has 0 bridgehead atoms. The van der Waals surface area contributed by atoms with Gasteiger partial charge in [0.05, 0.1) is 12.1 Å². The van der Waals surface area contributed by atoms with Gasteiger partial charge in [-0.25, -0.2) is 0 Å². The fourth-order valence-electron chi connectivity index (χ4n) is 2.80. The van der Waals surface area contributed by atoms with Crippen LogP contribution < -0.4 is 5.32 Å². The fraction of sp³-hybridized carbons (Fsp3) is 0.533. The first-order valence-electron chi connectivity index (χ1n) is 6.49. The van der Waals surface area contributed by atoms with E-state index in [2.05, 4.69) is 44.3 Å². The second-order valence-electron chi connectivity index (χ2n) is 6.26. The van der Waals surface area contributed by atoms with E-state index in [0.717, 1.165) is 6.42 Å². The first-order chi connectivity index (χ1) is 8.45. The predicted molar refractivity (Wildman–Crippen MR) is 69.5 cm³/mol. The summed E-state index contributed by atoms with van der Waals surface area (Å²) >= 11 is 0. The number of fused-ring (bicyclic) bond motifs is 3. The Morgan fingerprint density at radius 3 is 2.83 bits per heavy atom. The number of amides is 1. The Morgan fingerprint density at radius 1 is 1.33 bits per heavy atom. The second kappa shape index (κ2) is 3.82. The van der Waals surface area contributed by atoms with Crippen LogP contribution in [0.15, 0.2) is 18.2 Å². The highest BCUT2D eigenvalue weighted by Crippen LogP contribution is 2.37. The van der Waals surface area contributed by atoms with Crippen LogP contribution in [-0.2, 0) is 21.4 Å². The Labute approximate surface area is 108 Å². The third kappa shape index (κ3) is 1.83. The summed E-state index contributed by atoms with van der Waals surface area (Å²) in [5.41, 5.74) is 3.98. The van der Waals surface area contributed by atoms with Gasteiger partial charge in [-0.3, -0.25) is 4.79 Å². The molecular formula is C15H19NO2. The summed E-state index contributed by atoms with van der Waals surface area (Å²) in [6, 6.07) is 6.65. The number of benzene rings is 1. The maximum Gasteiger partial charge on any atom is 0.246 e. The Hall–Kier alpha value is -1.35. The Balaban J connectivity index is 2.00. The standard InChI is InChI=1S/C15H19NO2/c1-15(2,3)10-5-4-9-6-12-14(11(9)7-10)16-13(17)8-18-12/h4-5,7,12,14H,6,8H2,1-3H3,(H,16,17)/t12-,14+/m1/s1. The van der Waals surface area contributed by atoms with Crippen molar-refractivity contribution in [3.8, 4) is 0 Å². The zero-order chi connectivity index (χ0) is 12.9. The molecular weight excluding hydrogens is 226 g/mol. The fourth-order valence-corrected chi connectivity index (χ4v) is 2.80. The quantitative estimate of drug-likeness (QED) is 0.760. The molecule has 3 nitrogen and oxygen atoms in total. The monoisotopic (exact) mass is 245 g/mol. The van der Waals surface area contributed by atoms with Crippen LogP contribution in [0.1, 0.15) is 43.5 Å². The third-order valence-corrected chi connectivity index (χ3v) is 3.88. The molecule has 1 saturated heterocycles. The number of hydrogen-bond acceptors (Lipinski definition) is 2. The lowest BCUT2D eigenvalue weighted by Crippen LogP contribution is -2.43. The SMILES string of the molecule is CC(C)(C)c1ccc2c(c1)[C@@H]1NC(=O)CO[C@@H]1C2. The normalized spacial score (nSPS) is 26.5. The van der Waals surface area contributed by atoms with Crippen molar-refractivity contribution in [3.63, 3.8) is 0 Å². The minimum absolute atomic E-state index is 0.00902. The molecule has 0 radical (unpaired) electrons. The van der Waals surface area contributed by atoms with Crippen molar-refractivity contribution in [2.45, 2.75) is 44.8 Å². The van der Waals surface area contributed by atoms with Gasteiger partial charge in [-0.1, -0.05) is 39.0 Å². The van der Waals surface area contributed by atoms with Crippen LogP contribution in [0.2, 0.25) is 0 Å². The van der Waals surface area contributed by atoms with E-state index in [4.69, 9.17) is 4.74 Å². The van der Waals surface area contributed by atoms with Gasteiger partial charge in [-0.2, -0.15) is 0 Å². The molecule has 1 fully saturated rings. The first kappa shape index (κ1) is 11.7. The molecule has 3 heteroatoms. The van der Waals surface area contributed by atoms with E-state index in [9.17, 15) is 4.79 Å². The molecule has 2 atom stereocenters. The zero-order valence-electron chi connectivity index (χ0n) is 11.1. The van der Waals surface area contributed by atoms with Crippen LogP contribution in [0.3, 0.4) is 0 Å². The highest BCUT2D eigenvalue weighted by Gasteiger charge is 2.38. The largest absolute Gasteiger partial charge is 0.366 e. The molecule has 1 aliphatic heterocycles. The molecule has 0 unspecified atom stereocenters. The maximum atomic E-state index is 11.5. The number of rotatable bonds is 0. The van der Waals surface area contributed by atoms with Gasteiger partial charge in [0.2, 0.25) is 5.91 Å². The molecule has 1 amide bonds. The summed E-state index contributed by atoms with van der Waals surface area (Å²) in [5.74, 6) is -0.00902. The molecule has 3 rings (SSSR count). The molecule has 1 aliphatic carbocycles. The lowest BCUT2D eigenvalue weighted by Gasteiger charge is -2.28. The van der Waals surface area contributed by atoms with E-state index < -0.39 is 0 Å². The number of hydrogen-bond donors (Lipinski definition) is 1. The third-order valence-electron chi connectivity index (χ3n) is 3.88. The lowest BCUT2D eigenvalue weighted by molar-refractivity contribution is -0.136. The number of carbonyl (C=O) groups is 1. The van der Waals surface area contributed by atoms with E-state index in [1.54, 1.807) is 0 Å². The topological polar surface area (TPSA) is 38.3 Å². The van der Waals surface area contributed by atoms with Gasteiger partial charge < -0.3 is 10.1 Å². The highest BCUT2D eigenvalue weighted by molar-refractivity contribution is 5.79. The average molecular weight is 245 g/mol. The first-order valence-corrected chi connectivity index (χ1v) is 6.49. The number of nitrogens with one attached hydrogen (secondary N) is 1. The van der Waals surface area contributed by atoms with Crippen LogP contribution in [0.5, 0.6) is 0 Å². The summed E-state index contributed by atoms with van der Waals surface area (Å²) < 4.78 is 5.61. The van der Waals surface area contributed by atoms with Crippen molar-refractivity contribution in [1.82, 2.24) is 5.32 Å². The van der Waals surface area contributed by atoms with Crippen molar-refractivity contribution < 1.29 is 9.53 Å². The smallest absolute Gasteiger partial charge is 0.246 e. The van der Waals surface area contributed by atoms with Crippen LogP contribution in [0, 0.1) is 0 Å². The molecule has 1 aromatic rings. The van der Waals surface area contributed by atoms with Gasteiger partial charge in [0.25, 0.3) is 0 Å². The minimum Gasteiger partial charge on any atom is -0.366 e. The molecule has 1 heterocycles. The van der Waals surface area contributed by atoms with E-state index in [-0.39, 0.29) is 30.1 Å². The predicted octanol–water partition coefficient (Wildman–Crippen LogP) is 2.10. The van der Waals surface area contributed by atoms with Crippen LogP contribution in [0.4, 0.5) is 0 Å². The van der Waals surface area contributed by atoms with Crippen molar-refractivity contribution in [1.29, 1.82) is 0 Å². The van der Waals surface area contributed by atoms with E-state index in [1.165, 1.54) is 16.7 Å². The Bertz CT molecular complexity index is 502. The second-order valence-corrected chi connectivity index (χ2v) is 6.26. The summed E-state index contributed by atoms with van der Waals surface area (Å²) in [7, 11) is 0. The lowest BCUT2D eigenvalue weighted by atomic mass is 9.85. The molecule has 18 heavy (non-hydrogen) atoms. The van der Waals surface area contributed by atoms with Gasteiger partial charge in [-0.15, -0.1) is 0 Å². The van der Waals surface area contributed by atoms with E-state index in [0.29, 0.717) is 0 Å². The molecule has 96 valence electrons. The van der Waals surface area contributed by atoms with Crippen LogP contribution >= 0.6 is 0 Å². The Morgan fingerprint density at radius 2 is 2.11 bits per heavy atom. The van der Waals surface area contributed by atoms with Gasteiger partial charge in [0, 0.05) is 6.42 Å². The van der Waals surface area contributed by atoms with E-state index >= 15 is 0 Å². The highest BCUT2D eigenvalue weighted by atomic mass is 16.5. The number of ether oxygens (including phenoxy) is 1. The Kier molecular flexibility index (Phi) is 2.49. The molecule has 1 aromatic carbocycles. The minimum atomic E-state index is -0.00902. The molecule has 2 aliphatic rings. The van der Waals surface area contributed by atoms with Crippen LogP contribution in [-0.4, -0.2) is 18.6 Å². The maximum absolute atomic E-state index is 11.5. The van der Waals surface area contributed by atoms with E-state index in [1.807, 2.05) is 0 Å². The summed E-state index contributed by atoms with van der Waals surface area (Å²) in [5, 5.41) is 3.05. The summed E-state index contributed by atoms with van der Waals surface area (Å²) in [6.07, 6.45) is 1.03. The molecule has 0 saturated carbocycles. The van der Waals surface area contributed by atoms with Crippen molar-refractivity contribution in [2.75, 3.05) is 6.61 Å². The van der Waals surface area contributed by atoms with Crippen molar-refractivity contribution in [2.24, 2.45) is 0 Å². The van der Waals surface area contributed by atoms with Gasteiger partial charge in [0.1, 0.15) is 6.61 Å². The van der Waals surface area contributed by atoms with Gasteiger partial charge in [-0.05, 0) is 22.1 Å². The van der Waals surface area contributed by atoms with Crippen LogP contribution in [0.25, 0.3) is 0 Å². The number of carbonyl (C=O) groups excluding carboxylic acids is 1. The van der Waals surface area contributed by atoms with Crippen molar-refractivity contribution in [3.05, 3.63) is 34.9 Å². The number of morpholine rings is 1.